The number of nitrogens with two attached hydrogens (primary N) is 1. The Morgan fingerprint density at radius 1 is 1.50 bits per heavy atom. The van der Waals surface area contributed by atoms with Crippen molar-refractivity contribution in [3.05, 3.63) is 23.9 Å². The van der Waals surface area contributed by atoms with Gasteiger partial charge in [0.05, 0.1) is 0 Å². The lowest BCUT2D eigenvalue weighted by Gasteiger charge is -2.54. The highest BCUT2D eigenvalue weighted by Crippen LogP contribution is 2.47. The van der Waals surface area contributed by atoms with Crippen LogP contribution < -0.4 is 11.1 Å². The number of thioether (sulfide) groups is 2. The van der Waals surface area contributed by atoms with E-state index in [9.17, 15) is 19.5 Å². The number of carbonyl (C=O) groups is 3. The molecule has 2 aliphatic rings. The van der Waals surface area contributed by atoms with Crippen molar-refractivity contribution in [1.29, 1.82) is 0 Å². The highest BCUT2D eigenvalue weighted by atomic mass is 32.2. The van der Waals surface area contributed by atoms with Crippen molar-refractivity contribution < 1.29 is 24.3 Å². The molecular formula is C18H21N9O5S2. The number of hydrogen-bond donors (Lipinski definition) is 4. The second kappa shape index (κ2) is 9.46. The number of carbonyl (C=O) groups excluding carboxylic acids is 2. The average molecular weight is 508 g/mol. The van der Waals surface area contributed by atoms with E-state index in [1.165, 1.54) is 47.8 Å². The van der Waals surface area contributed by atoms with E-state index >= 15 is 0 Å². The molecule has 14 nitrogen and oxygen atoms in total. The predicted octanol–water partition coefficient (Wildman–Crippen LogP) is -0.821. The molecule has 180 valence electrons. The van der Waals surface area contributed by atoms with Crippen LogP contribution in [0.4, 0.5) is 5.82 Å². The van der Waals surface area contributed by atoms with Crippen molar-refractivity contribution in [1.82, 2.24) is 35.8 Å². The Balaban J connectivity index is 1.46. The van der Waals surface area contributed by atoms with Gasteiger partial charge in [-0.05, 0) is 17.3 Å². The number of oxime groups is 1. The first-order valence-electron chi connectivity index (χ1n) is 9.96. The van der Waals surface area contributed by atoms with Crippen LogP contribution >= 0.6 is 23.5 Å². The first-order valence-corrected chi connectivity index (χ1v) is 11.9. The number of anilines is 1. The number of aliphatic carboxylic acids is 1. The molecule has 3 unspecified atom stereocenters. The number of carboxylic acid groups (broad SMARTS) is 1. The minimum atomic E-state index is -1.23. The average Bonchev–Trinajstić information content (AvgIpc) is 3.33. The zero-order valence-electron chi connectivity index (χ0n) is 18.0. The van der Waals surface area contributed by atoms with E-state index in [0.717, 1.165) is 0 Å². The molecule has 2 saturated heterocycles. The fourth-order valence-electron chi connectivity index (χ4n) is 3.69. The van der Waals surface area contributed by atoms with Gasteiger partial charge in [0.25, 0.3) is 5.91 Å². The number of nitrogens with one attached hydrogen (secondary N) is 2. The summed E-state index contributed by atoms with van der Waals surface area (Å²) in [6.07, 6.45) is 1.38. The molecule has 5 N–H and O–H groups in total. The zero-order valence-corrected chi connectivity index (χ0v) is 19.7. The highest BCUT2D eigenvalue weighted by molar-refractivity contribution is 8.01. The third-order valence-electron chi connectivity index (χ3n) is 5.66. The minimum Gasteiger partial charge on any atom is -0.481 e. The molecule has 4 rings (SSSR count). The molecule has 0 aliphatic carbocycles. The van der Waals surface area contributed by atoms with E-state index in [4.69, 9.17) is 10.6 Å². The standard InChI is InChI=1S/C18H21N9O5S2/c1-8(34-17-22-25-26-23-17)18(16(30)31)6-27-14(29)12(15(27)33-7-18)21-13(28)11(24-32-2)9-3-4-10(19)20-5-9/h3-5,8,12,15H,6-7H2,1-2H3,(H2,19,20)(H,21,28)(H,30,31)(H,22,23,25,26)/t8?,12?,15-,18?/m1/s1. The van der Waals surface area contributed by atoms with E-state index in [0.29, 0.717) is 10.7 Å². The van der Waals surface area contributed by atoms with Gasteiger partial charge in [0, 0.05) is 29.3 Å². The van der Waals surface area contributed by atoms with Gasteiger partial charge in [0.15, 0.2) is 5.71 Å². The first kappa shape index (κ1) is 23.7. The van der Waals surface area contributed by atoms with Gasteiger partial charge in [0.2, 0.25) is 11.1 Å². The number of H-pyrrole nitrogens is 1. The SMILES string of the molecule is CON=C(C(=O)NC1C(=O)N2CC(C(=O)O)(C(C)Sc3nn[nH]n3)CS[C@H]12)c1ccc(N)nc1. The van der Waals surface area contributed by atoms with Gasteiger partial charge in [-0.3, -0.25) is 14.4 Å². The van der Waals surface area contributed by atoms with Crippen LogP contribution in [-0.2, 0) is 19.2 Å². The molecule has 0 radical (unpaired) electrons. The number of aromatic nitrogens is 5. The van der Waals surface area contributed by atoms with Gasteiger partial charge in [-0.25, -0.2) is 4.98 Å². The normalized spacial score (nSPS) is 25.2. The molecule has 2 amide bonds. The van der Waals surface area contributed by atoms with Crippen LogP contribution in [0, 0.1) is 5.41 Å². The summed E-state index contributed by atoms with van der Waals surface area (Å²) in [5.74, 6) is -1.51. The molecule has 2 aromatic rings. The van der Waals surface area contributed by atoms with E-state index in [1.807, 2.05) is 0 Å². The number of carboxylic acids is 1. The zero-order chi connectivity index (χ0) is 24.5. The van der Waals surface area contributed by atoms with Gasteiger partial charge >= 0.3 is 5.97 Å². The summed E-state index contributed by atoms with van der Waals surface area (Å²) < 4.78 is 0. The summed E-state index contributed by atoms with van der Waals surface area (Å²) in [5, 5.41) is 29.5. The van der Waals surface area contributed by atoms with Crippen LogP contribution in [-0.4, -0.2) is 95.2 Å². The topological polar surface area (TPSA) is 202 Å². The number of tetrazole rings is 1. The number of hydrogen-bond acceptors (Lipinski definition) is 12. The Morgan fingerprint density at radius 3 is 2.91 bits per heavy atom. The lowest BCUT2D eigenvalue weighted by atomic mass is 9.84. The summed E-state index contributed by atoms with van der Waals surface area (Å²) in [4.78, 5) is 48.3. The third kappa shape index (κ3) is 4.25. The van der Waals surface area contributed by atoms with E-state index < -0.39 is 34.0 Å². The number of aromatic amines is 1. The fraction of sp³-hybridized carbons (Fsp3) is 0.444. The monoisotopic (exact) mass is 507 g/mol. The lowest BCUT2D eigenvalue weighted by Crippen LogP contribution is -2.74. The van der Waals surface area contributed by atoms with E-state index in [1.54, 1.807) is 13.0 Å². The Hall–Kier alpha value is -3.40. The Kier molecular flexibility index (Phi) is 6.60. The predicted molar refractivity (Wildman–Crippen MR) is 122 cm³/mol. The highest BCUT2D eigenvalue weighted by Gasteiger charge is 2.59. The summed E-state index contributed by atoms with van der Waals surface area (Å²) in [5.41, 5.74) is 4.67. The summed E-state index contributed by atoms with van der Waals surface area (Å²) in [7, 11) is 1.30. The maximum Gasteiger partial charge on any atom is 0.313 e. The molecule has 2 aliphatic heterocycles. The maximum absolute atomic E-state index is 12.9. The summed E-state index contributed by atoms with van der Waals surface area (Å²) in [6, 6.07) is 2.25. The number of nitrogen functional groups attached to an aromatic ring is 1. The van der Waals surface area contributed by atoms with Crippen molar-refractivity contribution in [2.24, 2.45) is 10.6 Å². The van der Waals surface area contributed by atoms with Gasteiger partial charge in [-0.15, -0.1) is 22.0 Å². The number of nitrogens with zero attached hydrogens (tertiary/aromatic N) is 6. The molecule has 34 heavy (non-hydrogen) atoms. The van der Waals surface area contributed by atoms with Crippen molar-refractivity contribution >= 4 is 52.8 Å². The second-order valence-corrected chi connectivity index (χ2v) is 10.0. The van der Waals surface area contributed by atoms with E-state index in [2.05, 4.69) is 36.1 Å². The lowest BCUT2D eigenvalue weighted by molar-refractivity contribution is -0.158. The molecule has 4 atom stereocenters. The molecular weight excluding hydrogens is 486 g/mol. The van der Waals surface area contributed by atoms with Crippen LogP contribution in [0.2, 0.25) is 0 Å². The van der Waals surface area contributed by atoms with Gasteiger partial charge < -0.3 is 25.9 Å². The summed E-state index contributed by atoms with van der Waals surface area (Å²) in [6.45, 7) is 1.76. The Labute approximate surface area is 201 Å². The molecule has 2 fully saturated rings. The van der Waals surface area contributed by atoms with Crippen molar-refractivity contribution in [2.75, 3.05) is 25.1 Å². The number of amides is 2. The number of rotatable bonds is 8. The van der Waals surface area contributed by atoms with Crippen LogP contribution in [0.3, 0.4) is 0 Å². The van der Waals surface area contributed by atoms with Crippen molar-refractivity contribution in [3.63, 3.8) is 0 Å². The van der Waals surface area contributed by atoms with Crippen LogP contribution in [0.1, 0.15) is 12.5 Å². The number of β-lactam (4-membered cyclic amide) rings is 1. The van der Waals surface area contributed by atoms with Crippen molar-refractivity contribution in [2.45, 2.75) is 28.7 Å². The molecule has 0 saturated carbocycles. The van der Waals surface area contributed by atoms with Gasteiger partial charge in [-0.1, -0.05) is 23.8 Å². The minimum absolute atomic E-state index is 0.00186. The molecule has 0 bridgehead atoms. The molecule has 2 aromatic heterocycles. The Morgan fingerprint density at radius 2 is 2.29 bits per heavy atom. The molecule has 0 aromatic carbocycles. The summed E-state index contributed by atoms with van der Waals surface area (Å²) >= 11 is 2.47. The van der Waals surface area contributed by atoms with Crippen molar-refractivity contribution in [3.8, 4) is 0 Å². The largest absolute Gasteiger partial charge is 0.481 e. The molecule has 4 heterocycles. The molecule has 16 heteroatoms. The third-order valence-corrected chi connectivity index (χ3v) is 8.40. The smallest absolute Gasteiger partial charge is 0.313 e. The first-order chi connectivity index (χ1) is 16.3. The van der Waals surface area contributed by atoms with Gasteiger partial charge in [0.1, 0.15) is 29.8 Å². The maximum atomic E-state index is 12.9. The van der Waals surface area contributed by atoms with Gasteiger partial charge in [-0.2, -0.15) is 5.21 Å². The molecule has 0 spiro atoms. The number of pyridine rings is 1. The van der Waals surface area contributed by atoms with Crippen LogP contribution in [0.25, 0.3) is 0 Å². The number of fused-ring (bicyclic) bond motifs is 1. The quantitative estimate of drug-likeness (QED) is 0.150. The fourth-order valence-corrected chi connectivity index (χ4v) is 6.44. The Bertz CT molecular complexity index is 1110. The van der Waals surface area contributed by atoms with E-state index in [-0.39, 0.29) is 29.7 Å². The van der Waals surface area contributed by atoms with Crippen LogP contribution in [0.5, 0.6) is 0 Å². The van der Waals surface area contributed by atoms with Crippen LogP contribution in [0.15, 0.2) is 28.6 Å². The second-order valence-electron chi connectivity index (χ2n) is 7.63.